The summed E-state index contributed by atoms with van der Waals surface area (Å²) >= 11 is 3.46. The Labute approximate surface area is 137 Å². The smallest absolute Gasteiger partial charge is 0.338 e. The number of rotatable bonds is 3. The van der Waals surface area contributed by atoms with Gasteiger partial charge in [-0.3, -0.25) is 10.1 Å². The van der Waals surface area contributed by atoms with Crippen molar-refractivity contribution in [3.05, 3.63) is 31.8 Å². The summed E-state index contributed by atoms with van der Waals surface area (Å²) in [5, 5.41) is 11.5. The number of nitro groups is 1. The van der Waals surface area contributed by atoms with Crippen LogP contribution in [-0.4, -0.2) is 30.6 Å². The fourth-order valence-electron chi connectivity index (χ4n) is 2.89. The quantitative estimate of drug-likeness (QED) is 0.459. The molecule has 0 bridgehead atoms. The first-order valence-electron chi connectivity index (χ1n) is 7.21. The number of piperidine rings is 1. The van der Waals surface area contributed by atoms with E-state index >= 15 is 0 Å². The number of esters is 1. The van der Waals surface area contributed by atoms with Crippen molar-refractivity contribution >= 4 is 33.3 Å². The third kappa shape index (κ3) is 2.95. The van der Waals surface area contributed by atoms with E-state index in [9.17, 15) is 14.9 Å². The monoisotopic (exact) mass is 370 g/mol. The molecule has 1 atom stereocenters. The Hall–Kier alpha value is -1.63. The van der Waals surface area contributed by atoms with Gasteiger partial charge in [-0.1, -0.05) is 0 Å². The maximum absolute atomic E-state index is 11.8. The fraction of sp³-hybridized carbons (Fsp3) is 0.533. The van der Waals surface area contributed by atoms with Gasteiger partial charge >= 0.3 is 5.97 Å². The summed E-state index contributed by atoms with van der Waals surface area (Å²) in [6.07, 6.45) is 3.13. The Morgan fingerprint density at radius 1 is 1.50 bits per heavy atom. The molecule has 0 amide bonds. The first kappa shape index (κ1) is 16.7. The zero-order valence-electron chi connectivity index (χ0n) is 12.9. The van der Waals surface area contributed by atoms with Crippen molar-refractivity contribution in [2.24, 2.45) is 0 Å². The van der Waals surface area contributed by atoms with E-state index in [-0.39, 0.29) is 17.3 Å². The van der Waals surface area contributed by atoms with E-state index in [0.29, 0.717) is 15.7 Å². The Kier molecular flexibility index (Phi) is 5.05. The predicted molar refractivity (Wildman–Crippen MR) is 87.5 cm³/mol. The molecule has 0 aromatic heterocycles. The second kappa shape index (κ2) is 6.64. The lowest BCUT2D eigenvalue weighted by Gasteiger charge is -2.36. The molecule has 0 unspecified atom stereocenters. The average Bonchev–Trinajstić information content (AvgIpc) is 2.49. The van der Waals surface area contributed by atoms with Crippen molar-refractivity contribution in [2.45, 2.75) is 39.2 Å². The van der Waals surface area contributed by atoms with Crippen LogP contribution in [0.1, 0.15) is 42.1 Å². The molecule has 1 saturated heterocycles. The van der Waals surface area contributed by atoms with E-state index in [0.717, 1.165) is 25.8 Å². The lowest BCUT2D eigenvalue weighted by atomic mass is 10.00. The van der Waals surface area contributed by atoms with Crippen LogP contribution in [-0.2, 0) is 4.74 Å². The van der Waals surface area contributed by atoms with Gasteiger partial charge in [0, 0.05) is 18.7 Å². The minimum Gasteiger partial charge on any atom is -0.465 e. The van der Waals surface area contributed by atoms with Crippen molar-refractivity contribution in [1.82, 2.24) is 0 Å². The van der Waals surface area contributed by atoms with Crippen LogP contribution >= 0.6 is 15.9 Å². The second-order valence-corrected chi connectivity index (χ2v) is 6.31. The third-order valence-corrected chi connectivity index (χ3v) is 5.13. The van der Waals surface area contributed by atoms with Crippen molar-refractivity contribution in [3.63, 3.8) is 0 Å². The number of hydrogen-bond donors (Lipinski definition) is 0. The number of methoxy groups -OCH3 is 1. The highest BCUT2D eigenvalue weighted by Crippen LogP contribution is 2.42. The van der Waals surface area contributed by atoms with Crippen LogP contribution in [0, 0.1) is 17.0 Å². The minimum atomic E-state index is -0.570. The molecule has 7 heteroatoms. The molecule has 1 aliphatic heterocycles. The van der Waals surface area contributed by atoms with Crippen LogP contribution < -0.4 is 4.90 Å². The van der Waals surface area contributed by atoms with Crippen LogP contribution in [0.3, 0.4) is 0 Å². The highest BCUT2D eigenvalue weighted by Gasteiger charge is 2.31. The maximum atomic E-state index is 11.8. The molecule has 6 nitrogen and oxygen atoms in total. The average molecular weight is 371 g/mol. The Morgan fingerprint density at radius 3 is 2.73 bits per heavy atom. The van der Waals surface area contributed by atoms with Crippen molar-refractivity contribution in [1.29, 1.82) is 0 Å². The van der Waals surface area contributed by atoms with Gasteiger partial charge in [0.15, 0.2) is 0 Å². The molecular formula is C15H19BrN2O4. The highest BCUT2D eigenvalue weighted by atomic mass is 79.9. The molecule has 0 spiro atoms. The Bertz CT molecular complexity index is 618. The van der Waals surface area contributed by atoms with Crippen LogP contribution in [0.4, 0.5) is 11.4 Å². The standard InChI is InChI=1S/C15H19BrN2O4/c1-9-6-4-5-7-17(9)14-12(18(20)21)8-11(15(19)22-3)10(2)13(14)16/h8-9H,4-7H2,1-3H3/t9-/m1/s1. The molecule has 1 aromatic carbocycles. The number of ether oxygens (including phenoxy) is 1. The number of carbonyl (C=O) groups is 1. The molecule has 22 heavy (non-hydrogen) atoms. The number of nitrogens with zero attached hydrogens (tertiary/aromatic N) is 2. The fourth-order valence-corrected chi connectivity index (χ4v) is 3.53. The number of hydrogen-bond acceptors (Lipinski definition) is 5. The van der Waals surface area contributed by atoms with E-state index in [4.69, 9.17) is 4.74 Å². The van der Waals surface area contributed by atoms with E-state index in [1.807, 2.05) is 0 Å². The summed E-state index contributed by atoms with van der Waals surface area (Å²) in [6, 6.07) is 1.55. The first-order valence-corrected chi connectivity index (χ1v) is 8.00. The number of halogens is 1. The van der Waals surface area contributed by atoms with Gasteiger partial charge in [-0.15, -0.1) is 0 Å². The topological polar surface area (TPSA) is 72.7 Å². The SMILES string of the molecule is COC(=O)c1cc([N+](=O)[O-])c(N2CCCC[C@H]2C)c(Br)c1C. The maximum Gasteiger partial charge on any atom is 0.338 e. The molecule has 0 aliphatic carbocycles. The third-order valence-electron chi connectivity index (χ3n) is 4.16. The lowest BCUT2D eigenvalue weighted by molar-refractivity contribution is -0.384. The largest absolute Gasteiger partial charge is 0.465 e. The number of benzene rings is 1. The summed E-state index contributed by atoms with van der Waals surface area (Å²) in [4.78, 5) is 25.0. The highest BCUT2D eigenvalue weighted by molar-refractivity contribution is 9.10. The predicted octanol–water partition coefficient (Wildman–Crippen LogP) is 3.83. The van der Waals surface area contributed by atoms with Gasteiger partial charge in [0.25, 0.3) is 5.69 Å². The molecule has 2 rings (SSSR count). The summed E-state index contributed by atoms with van der Waals surface area (Å²) in [5.74, 6) is -0.570. The lowest BCUT2D eigenvalue weighted by Crippen LogP contribution is -2.38. The zero-order valence-corrected chi connectivity index (χ0v) is 14.5. The zero-order chi connectivity index (χ0) is 16.4. The van der Waals surface area contributed by atoms with Crippen molar-refractivity contribution in [3.8, 4) is 0 Å². The summed E-state index contributed by atoms with van der Waals surface area (Å²) in [7, 11) is 1.27. The molecule has 1 aliphatic rings. The number of nitro benzene ring substituents is 1. The second-order valence-electron chi connectivity index (χ2n) is 5.52. The van der Waals surface area contributed by atoms with Crippen LogP contribution in [0.15, 0.2) is 10.5 Å². The van der Waals surface area contributed by atoms with Crippen molar-refractivity contribution in [2.75, 3.05) is 18.6 Å². The molecular weight excluding hydrogens is 352 g/mol. The summed E-state index contributed by atoms with van der Waals surface area (Å²) in [6.45, 7) is 4.61. The van der Waals surface area contributed by atoms with Crippen molar-refractivity contribution < 1.29 is 14.5 Å². The van der Waals surface area contributed by atoms with Gasteiger partial charge in [-0.25, -0.2) is 4.79 Å². The molecule has 1 heterocycles. The van der Waals surface area contributed by atoms with Gasteiger partial charge in [0.1, 0.15) is 5.69 Å². The molecule has 0 N–H and O–H groups in total. The molecule has 1 fully saturated rings. The first-order chi connectivity index (χ1) is 10.4. The van der Waals surface area contributed by atoms with Crippen LogP contribution in [0.5, 0.6) is 0 Å². The van der Waals surface area contributed by atoms with Gasteiger partial charge in [-0.05, 0) is 54.6 Å². The van der Waals surface area contributed by atoms with E-state index in [2.05, 4.69) is 27.8 Å². The van der Waals surface area contributed by atoms with Gasteiger partial charge in [0.05, 0.1) is 22.1 Å². The van der Waals surface area contributed by atoms with E-state index in [1.165, 1.54) is 13.2 Å². The molecule has 1 aromatic rings. The number of carbonyl (C=O) groups excluding carboxylic acids is 1. The van der Waals surface area contributed by atoms with Crippen LogP contribution in [0.25, 0.3) is 0 Å². The van der Waals surface area contributed by atoms with Crippen LogP contribution in [0.2, 0.25) is 0 Å². The Balaban J connectivity index is 2.64. The van der Waals surface area contributed by atoms with Gasteiger partial charge in [-0.2, -0.15) is 0 Å². The van der Waals surface area contributed by atoms with Gasteiger partial charge in [0.2, 0.25) is 0 Å². The molecule has 0 radical (unpaired) electrons. The van der Waals surface area contributed by atoms with E-state index < -0.39 is 10.9 Å². The normalized spacial score (nSPS) is 18.2. The molecule has 0 saturated carbocycles. The van der Waals surface area contributed by atoms with E-state index in [1.54, 1.807) is 6.92 Å². The Morgan fingerprint density at radius 2 is 2.18 bits per heavy atom. The molecule has 120 valence electrons. The van der Waals surface area contributed by atoms with Gasteiger partial charge < -0.3 is 9.64 Å². The summed E-state index contributed by atoms with van der Waals surface area (Å²) < 4.78 is 5.31. The summed E-state index contributed by atoms with van der Waals surface area (Å²) in [5.41, 5.74) is 1.37. The minimum absolute atomic E-state index is 0.0633. The number of anilines is 1.